The Kier molecular flexibility index (Phi) is 47.2. The topological polar surface area (TPSA) is 317 Å². The first-order valence-corrected chi connectivity index (χ1v) is 34.6. The van der Waals surface area contributed by atoms with E-state index in [9.17, 15) is 54.0 Å². The lowest BCUT2D eigenvalue weighted by Crippen LogP contribution is -2.48. The van der Waals surface area contributed by atoms with E-state index in [0.29, 0.717) is 96.4 Å². The number of methoxy groups -OCH3 is 2. The number of allylic oxidation sites excluding steroid dienone is 3. The standard InChI is InChI=1S/C70H123NO21/c1-14-18-19-23-29-37-58(83-12)60(87-53(11)50(8)70(82)92-71-17-4)39-33-34-41-64(74)86-46-55(89-65(75)42-32-27-22-25-30-38-59(84-13)62(43-61-56(16-3)90-61)88-52(10)49(7)68(78)79)45-85-63(73)40-31-26-21-20-24-28-36-54(44-72)57(35-15-2)91-66(51(9)69(80)81)47(5)48(6)67(76)77/h24-25,28,30,47-62,66,71-72H,14-23,26-27,29,31-46H2,1-13H3,(H,76,77)(H,78,79)(H,80,81)/p-3/b28-24-,30-25-. The molecule has 17 unspecified atom stereocenters. The molecule has 22 nitrogen and oxygen atoms in total. The van der Waals surface area contributed by atoms with E-state index in [2.05, 4.69) is 12.4 Å². The van der Waals surface area contributed by atoms with Crippen LogP contribution in [0.3, 0.4) is 0 Å². The quantitative estimate of drug-likeness (QED) is 0.0145. The number of carbonyl (C=O) groups is 7. The molecule has 0 aromatic heterocycles. The maximum absolute atomic E-state index is 13.3. The lowest BCUT2D eigenvalue weighted by molar-refractivity contribution is -0.321. The van der Waals surface area contributed by atoms with Crippen molar-refractivity contribution < 1.29 is 101 Å². The minimum absolute atomic E-state index is 0.0147. The number of hydrogen-bond acceptors (Lipinski definition) is 22. The zero-order chi connectivity index (χ0) is 69.0. The molecular weight excluding hydrogens is 1190 g/mol. The highest BCUT2D eigenvalue weighted by molar-refractivity contribution is 5.73. The summed E-state index contributed by atoms with van der Waals surface area (Å²) in [5, 5.41) is 45.5. The third kappa shape index (κ3) is 36.4. The highest BCUT2D eigenvalue weighted by atomic mass is 16.7. The van der Waals surface area contributed by atoms with Crippen LogP contribution in [0.15, 0.2) is 24.3 Å². The third-order valence-electron chi connectivity index (χ3n) is 17.7. The largest absolute Gasteiger partial charge is 0.550 e. The van der Waals surface area contributed by atoms with Crippen molar-refractivity contribution in [2.45, 2.75) is 304 Å². The minimum atomic E-state index is -1.36. The van der Waals surface area contributed by atoms with Gasteiger partial charge in [0.05, 0.1) is 67.0 Å². The zero-order valence-corrected chi connectivity index (χ0v) is 58.2. The lowest BCUT2D eigenvalue weighted by atomic mass is 9.83. The van der Waals surface area contributed by atoms with E-state index in [1.165, 1.54) is 13.8 Å². The Bertz CT molecular complexity index is 2090. The first-order valence-electron chi connectivity index (χ1n) is 34.6. The number of rotatable bonds is 59. The number of unbranched alkanes of at least 4 members (excludes halogenated alkanes) is 10. The fourth-order valence-corrected chi connectivity index (χ4v) is 10.9. The first kappa shape index (κ1) is 85.5. The fourth-order valence-electron chi connectivity index (χ4n) is 10.9. The van der Waals surface area contributed by atoms with Crippen molar-refractivity contribution in [3.05, 3.63) is 24.3 Å². The van der Waals surface area contributed by atoms with E-state index < -0.39 is 108 Å². The van der Waals surface area contributed by atoms with Crippen molar-refractivity contribution in [3.8, 4) is 0 Å². The van der Waals surface area contributed by atoms with Gasteiger partial charge in [0, 0.05) is 94.6 Å². The molecule has 0 bridgehead atoms. The number of nitrogens with one attached hydrogen (secondary N) is 1. The molecule has 0 amide bonds. The van der Waals surface area contributed by atoms with Crippen molar-refractivity contribution in [3.63, 3.8) is 0 Å². The molecule has 92 heavy (non-hydrogen) atoms. The molecule has 0 radical (unpaired) electrons. The summed E-state index contributed by atoms with van der Waals surface area (Å²) in [7, 11) is 3.25. The van der Waals surface area contributed by atoms with Crippen LogP contribution in [0.4, 0.5) is 0 Å². The number of carboxylic acid groups (broad SMARTS) is 3. The van der Waals surface area contributed by atoms with Gasteiger partial charge in [-0.25, -0.2) is 4.79 Å². The van der Waals surface area contributed by atoms with Gasteiger partial charge in [-0.2, -0.15) is 5.48 Å². The summed E-state index contributed by atoms with van der Waals surface area (Å²) < 4.78 is 53.6. The number of carboxylic acids is 3. The number of hydroxylamine groups is 1. The van der Waals surface area contributed by atoms with Gasteiger partial charge in [0.25, 0.3) is 0 Å². The second kappa shape index (κ2) is 50.8. The Hall–Kier alpha value is -4.55. The number of ether oxygens (including phenoxy) is 9. The summed E-state index contributed by atoms with van der Waals surface area (Å²) in [4.78, 5) is 92.6. The van der Waals surface area contributed by atoms with Crippen LogP contribution < -0.4 is 20.8 Å². The monoisotopic (exact) mass is 1310 g/mol. The van der Waals surface area contributed by atoms with Gasteiger partial charge < -0.3 is 82.3 Å². The smallest absolute Gasteiger partial charge is 0.330 e. The number of hydrogen-bond donors (Lipinski definition) is 2. The molecule has 0 aromatic rings. The Morgan fingerprint density at radius 3 is 1.60 bits per heavy atom. The molecule has 1 heterocycles. The average Bonchev–Trinajstić information content (AvgIpc) is 1.62. The highest BCUT2D eigenvalue weighted by Gasteiger charge is 2.42. The van der Waals surface area contributed by atoms with Gasteiger partial charge in [-0.05, 0) is 117 Å². The second-order valence-electron chi connectivity index (χ2n) is 25.1. The first-order chi connectivity index (χ1) is 43.9. The van der Waals surface area contributed by atoms with E-state index in [1.807, 2.05) is 52.0 Å². The molecule has 22 heteroatoms. The van der Waals surface area contributed by atoms with E-state index in [-0.39, 0.29) is 75.5 Å². The second-order valence-corrected chi connectivity index (χ2v) is 25.1. The summed E-state index contributed by atoms with van der Waals surface area (Å²) in [6, 6.07) is 0. The third-order valence-corrected chi connectivity index (χ3v) is 17.7. The van der Waals surface area contributed by atoms with Gasteiger partial charge in [0.15, 0.2) is 6.10 Å². The lowest BCUT2D eigenvalue weighted by Gasteiger charge is -2.38. The molecule has 1 aliphatic heterocycles. The van der Waals surface area contributed by atoms with Gasteiger partial charge in [0.1, 0.15) is 13.2 Å². The molecule has 17 atom stereocenters. The molecule has 0 saturated carbocycles. The summed E-state index contributed by atoms with van der Waals surface area (Å²) in [5.41, 5.74) is 2.61. The van der Waals surface area contributed by atoms with Crippen LogP contribution in [0.2, 0.25) is 0 Å². The normalized spacial score (nSPS) is 19.1. The van der Waals surface area contributed by atoms with Gasteiger partial charge >= 0.3 is 23.9 Å². The number of carbonyl (C=O) groups excluding carboxylic acids is 7. The Balaban J connectivity index is 3.01. The predicted octanol–water partition coefficient (Wildman–Crippen LogP) is 8.11. The molecule has 2 N–H and O–H groups in total. The van der Waals surface area contributed by atoms with Crippen LogP contribution in [0.5, 0.6) is 0 Å². The van der Waals surface area contributed by atoms with Crippen LogP contribution in [0.1, 0.15) is 237 Å². The molecule has 1 saturated heterocycles. The number of epoxide rings is 1. The van der Waals surface area contributed by atoms with Crippen molar-refractivity contribution >= 4 is 41.8 Å². The molecular formula is C70H120NO21-3. The summed E-state index contributed by atoms with van der Waals surface area (Å²) in [5.74, 6) is -10.4. The van der Waals surface area contributed by atoms with Crippen LogP contribution >= 0.6 is 0 Å². The summed E-state index contributed by atoms with van der Waals surface area (Å²) in [6.07, 6.45) is 19.1. The maximum Gasteiger partial charge on any atom is 0.330 e. The summed E-state index contributed by atoms with van der Waals surface area (Å²) in [6.45, 7) is 18.9. The molecule has 1 fully saturated rings. The van der Waals surface area contributed by atoms with Crippen molar-refractivity contribution in [1.82, 2.24) is 5.48 Å². The van der Waals surface area contributed by atoms with Crippen LogP contribution in [0.25, 0.3) is 0 Å². The summed E-state index contributed by atoms with van der Waals surface area (Å²) >= 11 is 0. The number of esters is 3. The molecule has 1 rings (SSSR count). The predicted molar refractivity (Wildman–Crippen MR) is 341 cm³/mol. The Morgan fingerprint density at radius 1 is 0.522 bits per heavy atom. The molecule has 0 aliphatic carbocycles. The van der Waals surface area contributed by atoms with Gasteiger partial charge in [0.2, 0.25) is 0 Å². The number of aliphatic carboxylic acids is 3. The van der Waals surface area contributed by atoms with Crippen LogP contribution in [-0.2, 0) is 81.0 Å². The maximum atomic E-state index is 13.3. The van der Waals surface area contributed by atoms with Crippen LogP contribution in [0, 0.1) is 35.5 Å². The van der Waals surface area contributed by atoms with E-state index in [0.717, 1.165) is 51.4 Å². The van der Waals surface area contributed by atoms with Gasteiger partial charge in [-0.1, -0.05) is 124 Å². The van der Waals surface area contributed by atoms with E-state index in [4.69, 9.17) is 47.5 Å². The molecule has 534 valence electrons. The van der Waals surface area contributed by atoms with E-state index in [1.54, 1.807) is 41.9 Å². The number of aliphatic hydroxyl groups excluding tert-OH is 1. The van der Waals surface area contributed by atoms with Gasteiger partial charge in [-0.15, -0.1) is 0 Å². The van der Waals surface area contributed by atoms with Crippen molar-refractivity contribution in [2.24, 2.45) is 35.5 Å². The molecule has 1 aliphatic rings. The van der Waals surface area contributed by atoms with Crippen molar-refractivity contribution in [2.75, 3.05) is 40.6 Å². The van der Waals surface area contributed by atoms with E-state index >= 15 is 0 Å². The minimum Gasteiger partial charge on any atom is -0.550 e. The highest BCUT2D eigenvalue weighted by Crippen LogP contribution is 2.33. The Labute approximate surface area is 550 Å². The molecule has 0 spiro atoms. The van der Waals surface area contributed by atoms with Crippen LogP contribution in [-0.4, -0.2) is 155 Å². The SMILES string of the molecule is CCCCCCCC(OC)C(CCCCC(=O)OCC(COC(=O)CCCCC/C=C\CC(CO)C(CCC)OC(C(C)C(=O)[O-])C(C)C(C)C(=O)[O-])OC(=O)CCCC/C=C\CC(OC)C(CC1OC1CC)OC(C)C(C)C(=O)[O-])OC(C)C(C)C(=O)ONCC. The number of aliphatic hydroxyl groups is 1. The average molecular weight is 1310 g/mol. The molecule has 0 aromatic carbocycles. The van der Waals surface area contributed by atoms with Gasteiger partial charge in [-0.3, -0.25) is 14.4 Å². The zero-order valence-electron chi connectivity index (χ0n) is 58.2. The van der Waals surface area contributed by atoms with Crippen molar-refractivity contribution in [1.29, 1.82) is 0 Å². The fraction of sp³-hybridized carbons (Fsp3) is 0.843. The Morgan fingerprint density at radius 2 is 1.04 bits per heavy atom.